The molecule has 0 spiro atoms. The highest BCUT2D eigenvalue weighted by molar-refractivity contribution is 8.15. The monoisotopic (exact) mass is 431 g/mol. The lowest BCUT2D eigenvalue weighted by Gasteiger charge is -2.05. The van der Waals surface area contributed by atoms with E-state index in [0.717, 1.165) is 11.8 Å². The minimum Gasteiger partial charge on any atom is -0.481 e. The second-order valence-corrected chi connectivity index (χ2v) is 7.44. The van der Waals surface area contributed by atoms with Crippen LogP contribution >= 0.6 is 23.4 Å². The van der Waals surface area contributed by atoms with E-state index < -0.39 is 23.1 Å². The molecule has 10 heteroatoms. The summed E-state index contributed by atoms with van der Waals surface area (Å²) in [6, 6.07) is 13.0. The quantitative estimate of drug-likeness (QED) is 0.314. The van der Waals surface area contributed by atoms with Gasteiger partial charge in [-0.2, -0.15) is 5.10 Å². The summed E-state index contributed by atoms with van der Waals surface area (Å²) in [4.78, 5) is 34.5. The molecule has 0 radical (unpaired) electrons. The molecule has 1 heterocycles. The van der Waals surface area contributed by atoms with Crippen LogP contribution in [-0.2, 0) is 9.59 Å². The Kier molecular flexibility index (Phi) is 6.63. The summed E-state index contributed by atoms with van der Waals surface area (Å²) >= 11 is 6.81. The lowest BCUT2D eigenvalue weighted by molar-refractivity contribution is -0.138. The van der Waals surface area contributed by atoms with Gasteiger partial charge in [-0.1, -0.05) is 35.5 Å². The lowest BCUT2D eigenvalue weighted by atomic mass is 10.2. The average Bonchev–Trinajstić information content (AvgIpc) is 3.01. The number of hydrogen-bond donors (Lipinski definition) is 2. The number of amides is 1. The smallest absolute Gasteiger partial charge is 0.343 e. The van der Waals surface area contributed by atoms with Crippen LogP contribution < -0.4 is 10.1 Å². The molecule has 0 aliphatic carbocycles. The number of hydrogen-bond acceptors (Lipinski definition) is 7. The molecule has 8 nitrogen and oxygen atoms in total. The molecule has 148 valence electrons. The topological polar surface area (TPSA) is 117 Å². The van der Waals surface area contributed by atoms with E-state index in [-0.39, 0.29) is 11.6 Å². The molecule has 0 saturated carbocycles. The molecular weight excluding hydrogens is 418 g/mol. The zero-order chi connectivity index (χ0) is 20.8. The zero-order valence-corrected chi connectivity index (χ0v) is 16.3. The Morgan fingerprint density at radius 1 is 1.24 bits per heavy atom. The number of ether oxygens (including phenoxy) is 1. The molecule has 2 aromatic rings. The van der Waals surface area contributed by atoms with Crippen LogP contribution in [0.3, 0.4) is 0 Å². The maximum absolute atomic E-state index is 12.2. The molecule has 29 heavy (non-hydrogen) atoms. The maximum atomic E-state index is 12.2. The fourth-order valence-corrected chi connectivity index (χ4v) is 3.34. The van der Waals surface area contributed by atoms with Crippen LogP contribution in [-0.4, -0.2) is 39.6 Å². The van der Waals surface area contributed by atoms with E-state index in [1.807, 2.05) is 0 Å². The number of carboxylic acids is 1. The third kappa shape index (κ3) is 5.90. The van der Waals surface area contributed by atoms with Crippen LogP contribution in [0.15, 0.2) is 58.7 Å². The van der Waals surface area contributed by atoms with Gasteiger partial charge in [0.2, 0.25) is 5.91 Å². The van der Waals surface area contributed by atoms with Crippen LogP contribution in [0, 0.1) is 0 Å². The molecule has 2 aromatic carbocycles. The summed E-state index contributed by atoms with van der Waals surface area (Å²) < 4.78 is 5.33. The van der Waals surface area contributed by atoms with Gasteiger partial charge in [-0.15, -0.1) is 5.10 Å². The molecule has 1 unspecified atom stereocenters. The third-order valence-corrected chi connectivity index (χ3v) is 4.96. The minimum atomic E-state index is -1.06. The number of benzene rings is 2. The molecular formula is C19H14ClN3O5S. The molecule has 1 fully saturated rings. The van der Waals surface area contributed by atoms with Crippen LogP contribution in [0.5, 0.6) is 5.75 Å². The SMILES string of the molecule is O=C(O)CC1S/C(=N/N=Cc2cccc(OC(=O)c3ccc(Cl)cc3)c2)NC1=O. The molecule has 1 saturated heterocycles. The first-order valence-corrected chi connectivity index (χ1v) is 9.54. The summed E-state index contributed by atoms with van der Waals surface area (Å²) in [7, 11) is 0. The van der Waals surface area contributed by atoms with E-state index in [9.17, 15) is 14.4 Å². The summed E-state index contributed by atoms with van der Waals surface area (Å²) in [6.07, 6.45) is 1.13. The molecule has 3 rings (SSSR count). The van der Waals surface area contributed by atoms with Crippen molar-refractivity contribution in [3.05, 3.63) is 64.7 Å². The molecule has 1 aliphatic rings. The number of carbonyl (C=O) groups excluding carboxylic acids is 2. The Morgan fingerprint density at radius 2 is 2.00 bits per heavy atom. The Balaban J connectivity index is 1.62. The normalized spacial score (nSPS) is 17.5. The van der Waals surface area contributed by atoms with Gasteiger partial charge < -0.3 is 15.2 Å². The highest BCUT2D eigenvalue weighted by Crippen LogP contribution is 2.22. The van der Waals surface area contributed by atoms with E-state index in [4.69, 9.17) is 21.4 Å². The van der Waals surface area contributed by atoms with Crippen molar-refractivity contribution < 1.29 is 24.2 Å². The van der Waals surface area contributed by atoms with Gasteiger partial charge in [0.05, 0.1) is 18.2 Å². The first-order valence-electron chi connectivity index (χ1n) is 8.29. The van der Waals surface area contributed by atoms with Crippen molar-refractivity contribution in [2.75, 3.05) is 0 Å². The van der Waals surface area contributed by atoms with Gasteiger partial charge in [0.1, 0.15) is 11.0 Å². The standard InChI is InChI=1S/C19H14ClN3O5S/c20-13-6-4-12(5-7-13)18(27)28-14-3-1-2-11(8-14)10-21-23-19-22-17(26)15(29-19)9-16(24)25/h1-8,10,15H,9H2,(H,24,25)(H,22,23,26). The summed E-state index contributed by atoms with van der Waals surface area (Å²) in [6.45, 7) is 0. The van der Waals surface area contributed by atoms with Crippen LogP contribution in [0.4, 0.5) is 0 Å². The van der Waals surface area contributed by atoms with E-state index in [1.54, 1.807) is 48.5 Å². The molecule has 1 amide bonds. The van der Waals surface area contributed by atoms with Crippen molar-refractivity contribution in [3.8, 4) is 5.75 Å². The van der Waals surface area contributed by atoms with Gasteiger partial charge in [0, 0.05) is 5.02 Å². The van der Waals surface area contributed by atoms with Crippen molar-refractivity contribution in [1.82, 2.24) is 5.32 Å². The van der Waals surface area contributed by atoms with Gasteiger partial charge in [0.25, 0.3) is 0 Å². The van der Waals surface area contributed by atoms with Crippen molar-refractivity contribution in [2.24, 2.45) is 10.2 Å². The predicted molar refractivity (Wildman–Crippen MR) is 110 cm³/mol. The molecule has 0 aromatic heterocycles. The highest BCUT2D eigenvalue weighted by atomic mass is 35.5. The van der Waals surface area contributed by atoms with Crippen molar-refractivity contribution in [2.45, 2.75) is 11.7 Å². The number of nitrogens with zero attached hydrogens (tertiary/aromatic N) is 2. The van der Waals surface area contributed by atoms with Gasteiger partial charge in [-0.25, -0.2) is 4.79 Å². The molecule has 1 atom stereocenters. The number of rotatable bonds is 6. The Bertz CT molecular complexity index is 1010. The Hall–Kier alpha value is -3.17. The van der Waals surface area contributed by atoms with E-state index in [0.29, 0.717) is 21.9 Å². The number of aliphatic carboxylic acids is 1. The fraction of sp³-hybridized carbons (Fsp3) is 0.105. The number of thioether (sulfide) groups is 1. The fourth-order valence-electron chi connectivity index (χ4n) is 2.30. The number of carboxylic acid groups (broad SMARTS) is 1. The second-order valence-electron chi connectivity index (χ2n) is 5.81. The van der Waals surface area contributed by atoms with Gasteiger partial charge >= 0.3 is 11.9 Å². The van der Waals surface area contributed by atoms with Crippen molar-refractivity contribution in [1.29, 1.82) is 0 Å². The number of halogens is 1. The van der Waals surface area contributed by atoms with Gasteiger partial charge in [-0.05, 0) is 42.0 Å². The number of carbonyl (C=O) groups is 3. The first-order chi connectivity index (χ1) is 13.9. The van der Waals surface area contributed by atoms with E-state index >= 15 is 0 Å². The summed E-state index contributed by atoms with van der Waals surface area (Å²) in [5.41, 5.74) is 0.983. The number of amidine groups is 1. The Morgan fingerprint density at radius 3 is 2.72 bits per heavy atom. The van der Waals surface area contributed by atoms with Crippen LogP contribution in [0.1, 0.15) is 22.3 Å². The highest BCUT2D eigenvalue weighted by Gasteiger charge is 2.32. The van der Waals surface area contributed by atoms with Crippen LogP contribution in [0.25, 0.3) is 0 Å². The number of nitrogens with one attached hydrogen (secondary N) is 1. The number of esters is 1. The summed E-state index contributed by atoms with van der Waals surface area (Å²) in [5.74, 6) is -1.67. The second kappa shape index (κ2) is 9.35. The van der Waals surface area contributed by atoms with E-state index in [2.05, 4.69) is 15.5 Å². The van der Waals surface area contributed by atoms with Crippen LogP contribution in [0.2, 0.25) is 5.02 Å². The zero-order valence-electron chi connectivity index (χ0n) is 14.7. The summed E-state index contributed by atoms with van der Waals surface area (Å²) in [5, 5.41) is 19.0. The Labute approximate surface area is 174 Å². The minimum absolute atomic E-state index is 0.225. The first kappa shape index (κ1) is 20.6. The third-order valence-electron chi connectivity index (χ3n) is 3.64. The largest absolute Gasteiger partial charge is 0.481 e. The van der Waals surface area contributed by atoms with Crippen molar-refractivity contribution >= 4 is 52.6 Å². The van der Waals surface area contributed by atoms with Crippen molar-refractivity contribution in [3.63, 3.8) is 0 Å². The van der Waals surface area contributed by atoms with Gasteiger partial charge in [0.15, 0.2) is 5.17 Å². The average molecular weight is 432 g/mol. The van der Waals surface area contributed by atoms with Gasteiger partial charge in [-0.3, -0.25) is 9.59 Å². The maximum Gasteiger partial charge on any atom is 0.343 e. The predicted octanol–water partition coefficient (Wildman–Crippen LogP) is 2.96. The molecule has 2 N–H and O–H groups in total. The van der Waals surface area contributed by atoms with E-state index in [1.165, 1.54) is 6.21 Å². The molecule has 1 aliphatic heterocycles. The molecule has 0 bridgehead atoms. The lowest BCUT2D eigenvalue weighted by Crippen LogP contribution is -2.26.